The van der Waals surface area contributed by atoms with E-state index in [0.29, 0.717) is 21.6 Å². The van der Waals surface area contributed by atoms with Crippen molar-refractivity contribution in [1.82, 2.24) is 4.98 Å². The van der Waals surface area contributed by atoms with Crippen LogP contribution in [0.4, 0.5) is 18.9 Å². The number of benzene rings is 2. The molecule has 0 aliphatic carbocycles. The van der Waals surface area contributed by atoms with Gasteiger partial charge in [-0.05, 0) is 43.3 Å². The number of ether oxygens (including phenoxy) is 1. The molecule has 0 spiro atoms. The topological polar surface area (TPSA) is 51.2 Å². The molecule has 0 atom stereocenters. The third kappa shape index (κ3) is 4.86. The first kappa shape index (κ1) is 21.5. The van der Waals surface area contributed by atoms with Crippen LogP contribution in [0.1, 0.15) is 11.3 Å². The van der Waals surface area contributed by atoms with Crippen LogP contribution in [0.15, 0.2) is 36.4 Å². The van der Waals surface area contributed by atoms with Gasteiger partial charge in [-0.1, -0.05) is 34.8 Å². The van der Waals surface area contributed by atoms with E-state index in [1.807, 2.05) is 0 Å². The third-order valence-corrected chi connectivity index (χ3v) is 4.71. The van der Waals surface area contributed by atoms with E-state index in [1.165, 1.54) is 12.1 Å². The van der Waals surface area contributed by atoms with Gasteiger partial charge in [-0.2, -0.15) is 13.2 Å². The van der Waals surface area contributed by atoms with Crippen molar-refractivity contribution in [1.29, 1.82) is 0 Å². The average Bonchev–Trinajstić information content (AvgIpc) is 2.61. The molecule has 152 valence electrons. The molecule has 2 aromatic carbocycles. The largest absolute Gasteiger partial charge is 0.480 e. The summed E-state index contributed by atoms with van der Waals surface area (Å²) in [6.45, 7) is 1.16. The van der Waals surface area contributed by atoms with Crippen LogP contribution in [-0.4, -0.2) is 17.5 Å². The van der Waals surface area contributed by atoms with Gasteiger partial charge in [-0.15, -0.1) is 0 Å². The summed E-state index contributed by atoms with van der Waals surface area (Å²) >= 11 is 17.9. The lowest BCUT2D eigenvalue weighted by atomic mass is 10.1. The van der Waals surface area contributed by atoms with Crippen LogP contribution in [0, 0.1) is 6.92 Å². The molecule has 1 heterocycles. The van der Waals surface area contributed by atoms with Gasteiger partial charge in [-0.3, -0.25) is 4.79 Å². The van der Waals surface area contributed by atoms with Crippen LogP contribution in [0.3, 0.4) is 0 Å². The number of alkyl halides is 3. The highest BCUT2D eigenvalue weighted by molar-refractivity contribution is 6.39. The van der Waals surface area contributed by atoms with Crippen LogP contribution in [0.2, 0.25) is 15.1 Å². The van der Waals surface area contributed by atoms with Gasteiger partial charge in [0.15, 0.2) is 12.4 Å². The quantitative estimate of drug-likeness (QED) is 0.478. The van der Waals surface area contributed by atoms with Crippen molar-refractivity contribution in [3.8, 4) is 5.75 Å². The molecule has 0 unspecified atom stereocenters. The normalized spacial score (nSPS) is 11.6. The molecule has 3 aromatic rings. The van der Waals surface area contributed by atoms with Crippen molar-refractivity contribution in [2.45, 2.75) is 13.1 Å². The van der Waals surface area contributed by atoms with E-state index in [0.717, 1.165) is 12.1 Å². The predicted molar refractivity (Wildman–Crippen MR) is 107 cm³/mol. The van der Waals surface area contributed by atoms with Crippen molar-refractivity contribution >= 4 is 57.3 Å². The number of anilines is 1. The number of pyridine rings is 1. The molecular weight excluding hydrogens is 452 g/mol. The highest BCUT2D eigenvalue weighted by atomic mass is 35.5. The Morgan fingerprint density at radius 1 is 1.10 bits per heavy atom. The Morgan fingerprint density at radius 2 is 1.83 bits per heavy atom. The van der Waals surface area contributed by atoms with Gasteiger partial charge in [-0.25, -0.2) is 4.98 Å². The van der Waals surface area contributed by atoms with Gasteiger partial charge in [0, 0.05) is 16.1 Å². The second kappa shape index (κ2) is 8.26. The summed E-state index contributed by atoms with van der Waals surface area (Å²) in [5.74, 6) is -0.707. The number of rotatable bonds is 4. The first-order valence-corrected chi connectivity index (χ1v) is 9.24. The molecule has 3 rings (SSSR count). The lowest BCUT2D eigenvalue weighted by Crippen LogP contribution is -2.22. The number of hydrogen-bond acceptors (Lipinski definition) is 3. The number of aryl methyl sites for hydroxylation is 1. The Morgan fingerprint density at radius 3 is 2.52 bits per heavy atom. The highest BCUT2D eigenvalue weighted by Crippen LogP contribution is 2.38. The Bertz CT molecular complexity index is 1100. The first-order valence-electron chi connectivity index (χ1n) is 8.11. The van der Waals surface area contributed by atoms with Crippen molar-refractivity contribution in [3.63, 3.8) is 0 Å². The molecule has 1 N–H and O–H groups in total. The Labute approximate surface area is 178 Å². The van der Waals surface area contributed by atoms with Crippen LogP contribution < -0.4 is 10.1 Å². The molecule has 0 saturated carbocycles. The molecular formula is C19H12Cl3F3N2O2. The third-order valence-electron chi connectivity index (χ3n) is 3.89. The monoisotopic (exact) mass is 462 g/mol. The summed E-state index contributed by atoms with van der Waals surface area (Å²) in [5.41, 5.74) is -0.485. The van der Waals surface area contributed by atoms with Crippen molar-refractivity contribution < 1.29 is 22.7 Å². The molecule has 0 aliphatic heterocycles. The van der Waals surface area contributed by atoms with E-state index in [9.17, 15) is 18.0 Å². The fraction of sp³-hybridized carbons (Fsp3) is 0.158. The van der Waals surface area contributed by atoms with Crippen LogP contribution in [0.25, 0.3) is 10.9 Å². The lowest BCUT2D eigenvalue weighted by Gasteiger charge is -2.15. The zero-order valence-corrected chi connectivity index (χ0v) is 17.0. The predicted octanol–water partition coefficient (Wildman–Crippen LogP) is 6.54. The molecule has 29 heavy (non-hydrogen) atoms. The number of halogens is 6. The van der Waals surface area contributed by atoms with Gasteiger partial charge in [0.05, 0.1) is 21.3 Å². The molecule has 1 aromatic heterocycles. The molecule has 0 aliphatic rings. The molecule has 0 bridgehead atoms. The van der Waals surface area contributed by atoms with E-state index in [1.54, 1.807) is 19.1 Å². The smallest absolute Gasteiger partial charge is 0.418 e. The summed E-state index contributed by atoms with van der Waals surface area (Å²) in [7, 11) is 0. The minimum Gasteiger partial charge on any atom is -0.480 e. The summed E-state index contributed by atoms with van der Waals surface area (Å²) in [4.78, 5) is 16.5. The standard InChI is InChI=1S/C19H12Cl3F3N2O2/c1-9-2-4-11-13(21)7-14(22)18(17(11)26-9)29-8-16(28)27-15-5-3-10(20)6-12(15)19(23,24)25/h2-7H,8H2,1H3,(H,27,28). The number of carbonyl (C=O) groups is 1. The number of nitrogens with zero attached hydrogens (tertiary/aromatic N) is 1. The molecule has 0 fully saturated rings. The van der Waals surface area contributed by atoms with Gasteiger partial charge in [0.1, 0.15) is 5.52 Å². The van der Waals surface area contributed by atoms with Gasteiger partial charge >= 0.3 is 6.18 Å². The van der Waals surface area contributed by atoms with Gasteiger partial charge in [0.2, 0.25) is 0 Å². The number of hydrogen-bond donors (Lipinski definition) is 1. The SMILES string of the molecule is Cc1ccc2c(Cl)cc(Cl)c(OCC(=O)Nc3ccc(Cl)cc3C(F)(F)F)c2n1. The van der Waals surface area contributed by atoms with Crippen LogP contribution in [0.5, 0.6) is 5.75 Å². The number of amides is 1. The van der Waals surface area contributed by atoms with Crippen molar-refractivity contribution in [3.05, 3.63) is 62.7 Å². The highest BCUT2D eigenvalue weighted by Gasteiger charge is 2.34. The molecule has 10 heteroatoms. The maximum atomic E-state index is 13.2. The fourth-order valence-electron chi connectivity index (χ4n) is 2.61. The van der Waals surface area contributed by atoms with Crippen molar-refractivity contribution in [2.24, 2.45) is 0 Å². The maximum Gasteiger partial charge on any atom is 0.418 e. The Hall–Kier alpha value is -2.22. The maximum absolute atomic E-state index is 13.2. The van der Waals surface area contributed by atoms with E-state index >= 15 is 0 Å². The number of nitrogens with one attached hydrogen (secondary N) is 1. The first-order chi connectivity index (χ1) is 13.6. The van der Waals surface area contributed by atoms with E-state index in [4.69, 9.17) is 39.5 Å². The Balaban J connectivity index is 1.83. The number of fused-ring (bicyclic) bond motifs is 1. The fourth-order valence-corrected chi connectivity index (χ4v) is 3.35. The second-order valence-electron chi connectivity index (χ2n) is 6.04. The molecule has 4 nitrogen and oxygen atoms in total. The second-order valence-corrected chi connectivity index (χ2v) is 7.29. The summed E-state index contributed by atoms with van der Waals surface area (Å²) in [6, 6.07) is 7.96. The Kier molecular flexibility index (Phi) is 6.12. The van der Waals surface area contributed by atoms with Crippen molar-refractivity contribution in [2.75, 3.05) is 11.9 Å². The summed E-state index contributed by atoms with van der Waals surface area (Å²) in [6.07, 6.45) is -4.69. The van der Waals surface area contributed by atoms with Gasteiger partial charge in [0.25, 0.3) is 5.91 Å². The summed E-state index contributed by atoms with van der Waals surface area (Å²) < 4.78 is 44.9. The average molecular weight is 464 g/mol. The molecule has 0 radical (unpaired) electrons. The van der Waals surface area contributed by atoms with E-state index < -0.39 is 29.9 Å². The van der Waals surface area contributed by atoms with Gasteiger partial charge < -0.3 is 10.1 Å². The minimum absolute atomic E-state index is 0.104. The molecule has 1 amide bonds. The van der Waals surface area contributed by atoms with E-state index in [2.05, 4.69) is 10.3 Å². The summed E-state index contributed by atoms with van der Waals surface area (Å²) in [5, 5.41) is 3.11. The number of carbonyl (C=O) groups excluding carboxylic acids is 1. The molecule has 0 saturated heterocycles. The zero-order valence-electron chi connectivity index (χ0n) is 14.7. The van der Waals surface area contributed by atoms with E-state index in [-0.39, 0.29) is 15.8 Å². The lowest BCUT2D eigenvalue weighted by molar-refractivity contribution is -0.137. The number of aromatic nitrogens is 1. The zero-order chi connectivity index (χ0) is 21.3. The van der Waals surface area contributed by atoms with Crippen LogP contribution in [-0.2, 0) is 11.0 Å². The van der Waals surface area contributed by atoms with Crippen LogP contribution >= 0.6 is 34.8 Å². The minimum atomic E-state index is -4.69.